The lowest BCUT2D eigenvalue weighted by atomic mass is 10.1. The molecule has 6 nitrogen and oxygen atoms in total. The average Bonchev–Trinajstić information content (AvgIpc) is 3.17. The molecule has 21 heavy (non-hydrogen) atoms. The molecule has 1 aliphatic heterocycles. The Balaban J connectivity index is 1.83. The Hall–Kier alpha value is -2.11. The third kappa shape index (κ3) is 2.57. The van der Waals surface area contributed by atoms with Gasteiger partial charge in [0.05, 0.1) is 17.4 Å². The summed E-state index contributed by atoms with van der Waals surface area (Å²) < 4.78 is 10.5. The molecule has 1 saturated heterocycles. The van der Waals surface area contributed by atoms with Gasteiger partial charge in [0.1, 0.15) is 0 Å². The minimum absolute atomic E-state index is 0.0668. The highest BCUT2D eigenvalue weighted by atomic mass is 16.5. The summed E-state index contributed by atoms with van der Waals surface area (Å²) in [7, 11) is 0. The zero-order valence-corrected chi connectivity index (χ0v) is 12.5. The zero-order chi connectivity index (χ0) is 15.0. The van der Waals surface area contributed by atoms with E-state index in [4.69, 9.17) is 9.05 Å². The second-order valence-electron chi connectivity index (χ2n) is 5.80. The van der Waals surface area contributed by atoms with Crippen molar-refractivity contribution >= 4 is 5.91 Å². The van der Waals surface area contributed by atoms with Crippen LogP contribution in [-0.4, -0.2) is 27.7 Å². The molecule has 0 aliphatic carbocycles. The summed E-state index contributed by atoms with van der Waals surface area (Å²) in [4.78, 5) is 14.3. The van der Waals surface area contributed by atoms with Gasteiger partial charge in [0, 0.05) is 18.7 Å². The highest BCUT2D eigenvalue weighted by Gasteiger charge is 2.35. The van der Waals surface area contributed by atoms with E-state index in [0.717, 1.165) is 24.3 Å². The van der Waals surface area contributed by atoms with Gasteiger partial charge in [-0.05, 0) is 25.7 Å². The molecule has 1 aliphatic rings. The number of aromatic nitrogens is 2. The van der Waals surface area contributed by atoms with E-state index in [1.807, 2.05) is 6.07 Å². The number of aryl methyl sites for hydroxylation is 1. The Morgan fingerprint density at radius 3 is 2.76 bits per heavy atom. The summed E-state index contributed by atoms with van der Waals surface area (Å²) in [6.45, 7) is 6.63. The van der Waals surface area contributed by atoms with Crippen LogP contribution in [0.2, 0.25) is 0 Å². The Labute approximate surface area is 123 Å². The fraction of sp³-hybridized carbons (Fsp3) is 0.533. The largest absolute Gasteiger partial charge is 0.359 e. The summed E-state index contributed by atoms with van der Waals surface area (Å²) in [6, 6.07) is 3.55. The van der Waals surface area contributed by atoms with E-state index in [9.17, 15) is 4.79 Å². The van der Waals surface area contributed by atoms with Crippen LogP contribution in [0.15, 0.2) is 21.2 Å². The fourth-order valence-electron chi connectivity index (χ4n) is 2.64. The summed E-state index contributed by atoms with van der Waals surface area (Å²) in [5, 5.41) is 7.86. The number of carbonyl (C=O) groups is 1. The van der Waals surface area contributed by atoms with Gasteiger partial charge >= 0.3 is 0 Å². The van der Waals surface area contributed by atoms with Crippen molar-refractivity contribution in [1.29, 1.82) is 0 Å². The van der Waals surface area contributed by atoms with Gasteiger partial charge in [-0.2, -0.15) is 0 Å². The highest BCUT2D eigenvalue weighted by molar-refractivity contribution is 5.91. The van der Waals surface area contributed by atoms with Crippen LogP contribution in [0.3, 0.4) is 0 Å². The van der Waals surface area contributed by atoms with E-state index in [0.29, 0.717) is 18.2 Å². The van der Waals surface area contributed by atoms with Gasteiger partial charge < -0.3 is 13.9 Å². The molecule has 2 aromatic heterocycles. The SMILES string of the molecule is Cc1cc(C(=O)N2CCC[C@@H]2c2cc(C(C)C)no2)on1. The van der Waals surface area contributed by atoms with Crippen LogP contribution >= 0.6 is 0 Å². The molecule has 0 radical (unpaired) electrons. The molecule has 3 heterocycles. The van der Waals surface area contributed by atoms with E-state index in [1.165, 1.54) is 0 Å². The molecule has 0 saturated carbocycles. The zero-order valence-electron chi connectivity index (χ0n) is 12.5. The predicted molar refractivity (Wildman–Crippen MR) is 74.8 cm³/mol. The van der Waals surface area contributed by atoms with E-state index in [-0.39, 0.29) is 17.7 Å². The second-order valence-corrected chi connectivity index (χ2v) is 5.80. The summed E-state index contributed by atoms with van der Waals surface area (Å²) in [6.07, 6.45) is 1.83. The molecular weight excluding hydrogens is 270 g/mol. The summed E-state index contributed by atoms with van der Waals surface area (Å²) in [5.74, 6) is 1.20. The van der Waals surface area contributed by atoms with E-state index in [1.54, 1.807) is 17.9 Å². The number of hydrogen-bond donors (Lipinski definition) is 0. The Kier molecular flexibility index (Phi) is 3.53. The van der Waals surface area contributed by atoms with Gasteiger partial charge in [0.15, 0.2) is 5.76 Å². The molecule has 1 atom stereocenters. The number of likely N-dealkylation sites (tertiary alicyclic amines) is 1. The van der Waals surface area contributed by atoms with Crippen molar-refractivity contribution in [2.24, 2.45) is 0 Å². The van der Waals surface area contributed by atoms with Crippen LogP contribution < -0.4 is 0 Å². The van der Waals surface area contributed by atoms with Gasteiger partial charge in [-0.3, -0.25) is 4.79 Å². The van der Waals surface area contributed by atoms with Gasteiger partial charge in [-0.15, -0.1) is 0 Å². The van der Waals surface area contributed by atoms with Gasteiger partial charge in [0.25, 0.3) is 5.91 Å². The predicted octanol–water partition coefficient (Wildman–Crippen LogP) is 3.07. The van der Waals surface area contributed by atoms with Crippen LogP contribution in [0.25, 0.3) is 0 Å². The highest BCUT2D eigenvalue weighted by Crippen LogP contribution is 2.34. The van der Waals surface area contributed by atoms with Crippen LogP contribution in [0.1, 0.15) is 66.4 Å². The van der Waals surface area contributed by atoms with Crippen molar-refractivity contribution < 1.29 is 13.8 Å². The first-order valence-corrected chi connectivity index (χ1v) is 7.27. The van der Waals surface area contributed by atoms with Crippen molar-refractivity contribution in [3.05, 3.63) is 35.0 Å². The van der Waals surface area contributed by atoms with Crippen LogP contribution in [-0.2, 0) is 0 Å². The van der Waals surface area contributed by atoms with E-state index >= 15 is 0 Å². The Bertz CT molecular complexity index is 644. The molecular formula is C15H19N3O3. The van der Waals surface area contributed by atoms with Crippen molar-refractivity contribution in [2.45, 2.75) is 45.6 Å². The Morgan fingerprint density at radius 1 is 1.33 bits per heavy atom. The van der Waals surface area contributed by atoms with E-state index < -0.39 is 0 Å². The third-order valence-corrected chi connectivity index (χ3v) is 3.82. The molecule has 1 fully saturated rings. The van der Waals surface area contributed by atoms with Crippen molar-refractivity contribution in [3.8, 4) is 0 Å². The lowest BCUT2D eigenvalue weighted by molar-refractivity contribution is 0.0672. The first kappa shape index (κ1) is 13.9. The van der Waals surface area contributed by atoms with Crippen molar-refractivity contribution in [3.63, 3.8) is 0 Å². The van der Waals surface area contributed by atoms with Crippen LogP contribution in [0.4, 0.5) is 0 Å². The lowest BCUT2D eigenvalue weighted by Gasteiger charge is -2.21. The maximum atomic E-state index is 12.5. The molecule has 0 aromatic carbocycles. The first-order valence-electron chi connectivity index (χ1n) is 7.27. The molecule has 0 N–H and O–H groups in total. The average molecular weight is 289 g/mol. The normalized spacial score (nSPS) is 18.7. The maximum Gasteiger partial charge on any atom is 0.293 e. The standard InChI is InChI=1S/C15H19N3O3/c1-9(2)11-8-13(20-17-11)12-5-4-6-18(12)15(19)14-7-10(3)16-21-14/h7-9,12H,4-6H2,1-3H3/t12-/m1/s1. The van der Waals surface area contributed by atoms with Crippen LogP contribution in [0, 0.1) is 6.92 Å². The van der Waals surface area contributed by atoms with Crippen molar-refractivity contribution in [1.82, 2.24) is 15.2 Å². The topological polar surface area (TPSA) is 72.4 Å². The minimum Gasteiger partial charge on any atom is -0.359 e. The van der Waals surface area contributed by atoms with Crippen LogP contribution in [0.5, 0.6) is 0 Å². The van der Waals surface area contributed by atoms with Gasteiger partial charge in [-0.1, -0.05) is 24.2 Å². The number of carbonyl (C=O) groups excluding carboxylic acids is 1. The molecule has 112 valence electrons. The van der Waals surface area contributed by atoms with Gasteiger partial charge in [-0.25, -0.2) is 0 Å². The van der Waals surface area contributed by atoms with Crippen molar-refractivity contribution in [2.75, 3.05) is 6.54 Å². The third-order valence-electron chi connectivity index (χ3n) is 3.82. The summed E-state index contributed by atoms with van der Waals surface area (Å²) in [5.41, 5.74) is 1.62. The first-order chi connectivity index (χ1) is 10.1. The number of hydrogen-bond acceptors (Lipinski definition) is 5. The number of nitrogens with zero attached hydrogens (tertiary/aromatic N) is 3. The molecule has 2 aromatic rings. The monoisotopic (exact) mass is 289 g/mol. The molecule has 0 bridgehead atoms. The van der Waals surface area contributed by atoms with Gasteiger partial charge in [0.2, 0.25) is 5.76 Å². The molecule has 0 unspecified atom stereocenters. The number of rotatable bonds is 3. The molecule has 6 heteroatoms. The van der Waals surface area contributed by atoms with E-state index in [2.05, 4.69) is 24.2 Å². The maximum absolute atomic E-state index is 12.5. The smallest absolute Gasteiger partial charge is 0.293 e. The minimum atomic E-state index is -0.138. The number of amides is 1. The second kappa shape index (κ2) is 5.35. The molecule has 3 rings (SSSR count). The summed E-state index contributed by atoms with van der Waals surface area (Å²) >= 11 is 0. The quantitative estimate of drug-likeness (QED) is 0.868. The Morgan fingerprint density at radius 2 is 2.14 bits per heavy atom. The lowest BCUT2D eigenvalue weighted by Crippen LogP contribution is -2.30. The molecule has 1 amide bonds. The fourth-order valence-corrected chi connectivity index (χ4v) is 2.64. The molecule has 0 spiro atoms.